The number of hydrogen-bond acceptors (Lipinski definition) is 5. The van der Waals surface area contributed by atoms with E-state index in [1.807, 2.05) is 51.2 Å². The Labute approximate surface area is 185 Å². The Morgan fingerprint density at radius 2 is 1.90 bits per heavy atom. The smallest absolute Gasteiger partial charge is 0.211 e. The van der Waals surface area contributed by atoms with Gasteiger partial charge in [-0.05, 0) is 71.6 Å². The van der Waals surface area contributed by atoms with Gasteiger partial charge in [0.25, 0.3) is 0 Å². The summed E-state index contributed by atoms with van der Waals surface area (Å²) in [5.74, 6) is 0.797. The van der Waals surface area contributed by atoms with Crippen molar-refractivity contribution in [2.24, 2.45) is 4.40 Å². The molecule has 1 aromatic carbocycles. The number of nitrogens with zero attached hydrogens (tertiary/aromatic N) is 6. The number of benzene rings is 1. The molecule has 1 saturated heterocycles. The maximum absolute atomic E-state index is 12.7. The zero-order valence-electron chi connectivity index (χ0n) is 18.8. The molecule has 0 aliphatic carbocycles. The van der Waals surface area contributed by atoms with Crippen LogP contribution in [0.3, 0.4) is 0 Å². The summed E-state index contributed by atoms with van der Waals surface area (Å²) in [6, 6.07) is 6.25. The maximum atomic E-state index is 12.7. The zero-order chi connectivity index (χ0) is 22.3. The molecular formula is C23H28N6OS. The normalized spacial score (nSPS) is 16.6. The maximum Gasteiger partial charge on any atom is 0.211 e. The third kappa shape index (κ3) is 4.07. The fourth-order valence-corrected chi connectivity index (χ4v) is 4.52. The van der Waals surface area contributed by atoms with E-state index in [1.165, 1.54) is 6.42 Å². The Morgan fingerprint density at radius 3 is 2.55 bits per heavy atom. The number of hydrogen-bond donors (Lipinski definition) is 0. The van der Waals surface area contributed by atoms with Crippen LogP contribution in [0.2, 0.25) is 0 Å². The monoisotopic (exact) mass is 436 g/mol. The molecular weight excluding hydrogens is 408 g/mol. The highest BCUT2D eigenvalue weighted by Gasteiger charge is 2.23. The van der Waals surface area contributed by atoms with E-state index in [9.17, 15) is 9.47 Å². The molecule has 1 aliphatic heterocycles. The summed E-state index contributed by atoms with van der Waals surface area (Å²) in [6.45, 7) is 11.5. The molecule has 1 fully saturated rings. The van der Waals surface area contributed by atoms with E-state index in [2.05, 4.69) is 20.4 Å². The summed E-state index contributed by atoms with van der Waals surface area (Å²) in [5, 5.41) is 10.3. The van der Waals surface area contributed by atoms with Crippen LogP contribution < -0.4 is 4.90 Å². The van der Waals surface area contributed by atoms with Crippen molar-refractivity contribution in [2.45, 2.75) is 58.6 Å². The van der Waals surface area contributed by atoms with E-state index in [1.54, 1.807) is 6.20 Å². The summed E-state index contributed by atoms with van der Waals surface area (Å²) in [4.78, 5) is 11.9. The molecule has 4 rings (SSSR count). The zero-order valence-corrected chi connectivity index (χ0v) is 19.6. The topological polar surface area (TPSA) is 86.6 Å². The van der Waals surface area contributed by atoms with Crippen molar-refractivity contribution in [3.05, 3.63) is 35.2 Å². The highest BCUT2D eigenvalue weighted by molar-refractivity contribution is 7.85. The average molecular weight is 437 g/mol. The SMILES string of the molecule is CC(=N[S@](=O)C(C)(C)C)c1cc(C)cc2c1nc(N1CCCCC1)n1cc(C#N)nc21. The second-order valence-corrected chi connectivity index (χ2v) is 11.0. The van der Waals surface area contributed by atoms with Gasteiger partial charge in [-0.1, -0.05) is 0 Å². The van der Waals surface area contributed by atoms with Gasteiger partial charge in [-0.3, -0.25) is 4.40 Å². The van der Waals surface area contributed by atoms with Crippen LogP contribution in [0, 0.1) is 18.3 Å². The summed E-state index contributed by atoms with van der Waals surface area (Å²) in [6.07, 6.45) is 5.22. The molecule has 0 saturated carbocycles. The van der Waals surface area contributed by atoms with Crippen LogP contribution in [0.1, 0.15) is 63.8 Å². The lowest BCUT2D eigenvalue weighted by Gasteiger charge is -2.28. The molecule has 31 heavy (non-hydrogen) atoms. The average Bonchev–Trinajstić information content (AvgIpc) is 3.17. The minimum absolute atomic E-state index is 0.370. The van der Waals surface area contributed by atoms with Gasteiger partial charge in [-0.2, -0.15) is 9.66 Å². The van der Waals surface area contributed by atoms with Gasteiger partial charge in [-0.15, -0.1) is 0 Å². The third-order valence-corrected chi connectivity index (χ3v) is 7.00. The van der Waals surface area contributed by atoms with Crippen LogP contribution in [-0.4, -0.2) is 42.1 Å². The number of anilines is 1. The summed E-state index contributed by atoms with van der Waals surface area (Å²) >= 11 is 0. The Hall–Kier alpha value is -2.79. The first kappa shape index (κ1) is 21.4. The van der Waals surface area contributed by atoms with Gasteiger partial charge in [0.15, 0.2) is 11.3 Å². The van der Waals surface area contributed by atoms with Crippen molar-refractivity contribution in [2.75, 3.05) is 18.0 Å². The van der Waals surface area contributed by atoms with Gasteiger partial charge >= 0.3 is 0 Å². The van der Waals surface area contributed by atoms with E-state index in [-0.39, 0.29) is 0 Å². The number of piperidine rings is 1. The number of nitriles is 1. The van der Waals surface area contributed by atoms with Gasteiger partial charge in [0, 0.05) is 24.0 Å². The second-order valence-electron chi connectivity index (χ2n) is 9.14. The summed E-state index contributed by atoms with van der Waals surface area (Å²) < 4.78 is 18.7. The van der Waals surface area contributed by atoms with Crippen molar-refractivity contribution in [1.29, 1.82) is 5.26 Å². The lowest BCUT2D eigenvalue weighted by Crippen LogP contribution is -2.32. The number of aryl methyl sites for hydroxylation is 1. The summed E-state index contributed by atoms with van der Waals surface area (Å²) in [7, 11) is -1.37. The predicted molar refractivity (Wildman–Crippen MR) is 126 cm³/mol. The molecule has 3 aromatic rings. The quantitative estimate of drug-likeness (QED) is 0.571. The largest absolute Gasteiger partial charge is 0.342 e. The van der Waals surface area contributed by atoms with Crippen LogP contribution in [0.4, 0.5) is 5.95 Å². The second kappa shape index (κ2) is 8.04. The highest BCUT2D eigenvalue weighted by atomic mass is 32.2. The van der Waals surface area contributed by atoms with Gasteiger partial charge in [0.2, 0.25) is 5.95 Å². The van der Waals surface area contributed by atoms with E-state index in [0.29, 0.717) is 11.4 Å². The minimum Gasteiger partial charge on any atom is -0.342 e. The predicted octanol–water partition coefficient (Wildman–Crippen LogP) is 4.32. The lowest BCUT2D eigenvalue weighted by molar-refractivity contribution is 0.567. The summed E-state index contributed by atoms with van der Waals surface area (Å²) in [5.41, 5.74) is 4.45. The number of rotatable bonds is 3. The molecule has 0 N–H and O–H groups in total. The Morgan fingerprint density at radius 1 is 1.19 bits per heavy atom. The standard InChI is InChI=1S/C23H28N6OS/c1-15-11-18(16(2)27-31(30)23(3,4)5)20-19(12-15)21-25-17(13-24)14-29(21)22(26-20)28-9-7-6-8-10-28/h11-12,14H,6-10H2,1-5H3/t31-/m1/s1. The van der Waals surface area contributed by atoms with Crippen molar-refractivity contribution in [3.8, 4) is 6.07 Å². The molecule has 162 valence electrons. The molecule has 3 heterocycles. The fourth-order valence-electron chi connectivity index (χ4n) is 3.90. The van der Waals surface area contributed by atoms with Crippen LogP contribution in [0.25, 0.3) is 16.6 Å². The highest BCUT2D eigenvalue weighted by Crippen LogP contribution is 2.30. The first-order chi connectivity index (χ1) is 14.7. The van der Waals surface area contributed by atoms with Crippen LogP contribution in [0.5, 0.6) is 0 Å². The molecule has 8 heteroatoms. The third-order valence-electron chi connectivity index (χ3n) is 5.52. The van der Waals surface area contributed by atoms with Gasteiger partial charge < -0.3 is 4.90 Å². The van der Waals surface area contributed by atoms with E-state index in [0.717, 1.165) is 59.6 Å². The molecule has 0 radical (unpaired) electrons. The number of fused-ring (bicyclic) bond motifs is 3. The van der Waals surface area contributed by atoms with Gasteiger partial charge in [-0.25, -0.2) is 14.2 Å². The molecule has 0 amide bonds. The van der Waals surface area contributed by atoms with Crippen molar-refractivity contribution >= 4 is 39.2 Å². The Bertz CT molecular complexity index is 1260. The number of imidazole rings is 1. The van der Waals surface area contributed by atoms with Crippen molar-refractivity contribution in [3.63, 3.8) is 0 Å². The number of aromatic nitrogens is 3. The molecule has 7 nitrogen and oxygen atoms in total. The first-order valence-corrected chi connectivity index (χ1v) is 11.8. The van der Waals surface area contributed by atoms with Crippen molar-refractivity contribution < 1.29 is 4.21 Å². The van der Waals surface area contributed by atoms with E-state index >= 15 is 0 Å². The first-order valence-electron chi connectivity index (χ1n) is 10.6. The molecule has 1 atom stereocenters. The Balaban J connectivity index is 2.01. The molecule has 2 aromatic heterocycles. The molecule has 1 aliphatic rings. The van der Waals surface area contributed by atoms with Gasteiger partial charge in [0.1, 0.15) is 17.1 Å². The van der Waals surface area contributed by atoms with Crippen molar-refractivity contribution in [1.82, 2.24) is 14.4 Å². The fraction of sp³-hybridized carbons (Fsp3) is 0.478. The van der Waals surface area contributed by atoms with Crippen LogP contribution in [0.15, 0.2) is 22.7 Å². The van der Waals surface area contributed by atoms with E-state index < -0.39 is 15.7 Å². The molecule has 0 spiro atoms. The Kier molecular flexibility index (Phi) is 5.56. The van der Waals surface area contributed by atoms with Crippen LogP contribution >= 0.6 is 0 Å². The van der Waals surface area contributed by atoms with Gasteiger partial charge in [0.05, 0.1) is 22.2 Å². The van der Waals surface area contributed by atoms with Crippen LogP contribution in [-0.2, 0) is 11.0 Å². The molecule has 0 unspecified atom stereocenters. The molecule has 0 bridgehead atoms. The van der Waals surface area contributed by atoms with E-state index in [4.69, 9.17) is 4.98 Å². The minimum atomic E-state index is -1.37. The lowest BCUT2D eigenvalue weighted by atomic mass is 10.0.